The van der Waals surface area contributed by atoms with Gasteiger partial charge in [-0.05, 0) is 36.5 Å². The number of nitrogens with two attached hydrogens (primary N) is 2. The van der Waals surface area contributed by atoms with E-state index in [-0.39, 0.29) is 6.04 Å². The highest BCUT2D eigenvalue weighted by molar-refractivity contribution is 5.98. The maximum atomic E-state index is 11.4. The van der Waals surface area contributed by atoms with Gasteiger partial charge in [-0.15, -0.1) is 0 Å². The molecular weight excluding hydrogens is 264 g/mol. The Morgan fingerprint density at radius 1 is 1.33 bits per heavy atom. The third kappa shape index (κ3) is 2.67. The molecule has 3 rings (SSSR count). The Labute approximate surface area is 123 Å². The summed E-state index contributed by atoms with van der Waals surface area (Å²) < 4.78 is 0. The number of fused-ring (bicyclic) bond motifs is 1. The van der Waals surface area contributed by atoms with E-state index in [9.17, 15) is 4.79 Å². The summed E-state index contributed by atoms with van der Waals surface area (Å²) >= 11 is 0. The van der Waals surface area contributed by atoms with Crippen molar-refractivity contribution in [2.24, 2.45) is 5.73 Å². The fourth-order valence-corrected chi connectivity index (χ4v) is 2.84. The quantitative estimate of drug-likeness (QED) is 0.804. The number of nitrogens with one attached hydrogen (secondary N) is 1. The molecule has 5 heteroatoms. The first-order chi connectivity index (χ1) is 10.1. The van der Waals surface area contributed by atoms with E-state index in [0.29, 0.717) is 17.1 Å². The summed E-state index contributed by atoms with van der Waals surface area (Å²) in [5, 5.41) is 3.39. The lowest BCUT2D eigenvalue weighted by atomic mass is 9.88. The summed E-state index contributed by atoms with van der Waals surface area (Å²) in [4.78, 5) is 15.6. The molecule has 1 aromatic heterocycles. The van der Waals surface area contributed by atoms with Gasteiger partial charge in [0.05, 0.1) is 23.5 Å². The first-order valence-electron chi connectivity index (χ1n) is 7.05. The van der Waals surface area contributed by atoms with E-state index >= 15 is 0 Å². The number of hydrogen-bond donors (Lipinski definition) is 3. The number of aromatic nitrogens is 1. The highest BCUT2D eigenvalue weighted by Crippen LogP contribution is 2.32. The number of pyridine rings is 1. The van der Waals surface area contributed by atoms with E-state index in [4.69, 9.17) is 11.5 Å². The molecule has 0 spiro atoms. The second-order valence-corrected chi connectivity index (χ2v) is 5.31. The lowest BCUT2D eigenvalue weighted by molar-refractivity contribution is 0.100. The number of carbonyl (C=O) groups excluding carboxylic acids is 1. The van der Waals surface area contributed by atoms with Gasteiger partial charge < -0.3 is 16.8 Å². The second-order valence-electron chi connectivity index (χ2n) is 5.31. The lowest BCUT2D eigenvalue weighted by Crippen LogP contribution is -2.19. The second kappa shape index (κ2) is 5.44. The number of benzene rings is 1. The Kier molecular flexibility index (Phi) is 3.48. The number of anilines is 2. The zero-order valence-corrected chi connectivity index (χ0v) is 11.7. The largest absolute Gasteiger partial charge is 0.397 e. The van der Waals surface area contributed by atoms with Crippen molar-refractivity contribution >= 4 is 17.4 Å². The summed E-state index contributed by atoms with van der Waals surface area (Å²) in [7, 11) is 0. The van der Waals surface area contributed by atoms with E-state index in [1.54, 1.807) is 6.07 Å². The van der Waals surface area contributed by atoms with Crippen LogP contribution in [0.1, 0.15) is 40.4 Å². The van der Waals surface area contributed by atoms with E-state index < -0.39 is 5.91 Å². The van der Waals surface area contributed by atoms with Gasteiger partial charge in [0, 0.05) is 0 Å². The SMILES string of the molecule is NC(=O)c1cc(NC2CCCc3ccccc32)ncc1N. The number of nitrogen functional groups attached to an aromatic ring is 1. The molecule has 1 aliphatic carbocycles. The molecule has 5 nitrogen and oxygen atoms in total. The molecule has 2 aromatic rings. The van der Waals surface area contributed by atoms with Gasteiger partial charge in [-0.1, -0.05) is 24.3 Å². The number of aryl methyl sites for hydroxylation is 1. The third-order valence-corrected chi connectivity index (χ3v) is 3.89. The molecule has 1 unspecified atom stereocenters. The standard InChI is InChI=1S/C16H18N4O/c17-13-9-19-15(8-12(13)16(18)21)20-14-7-3-5-10-4-1-2-6-11(10)14/h1-2,4,6,8-9,14H,3,5,7,17H2,(H2,18,21)(H,19,20). The zero-order valence-electron chi connectivity index (χ0n) is 11.7. The van der Waals surface area contributed by atoms with Crippen LogP contribution in [0, 0.1) is 0 Å². The normalized spacial score (nSPS) is 17.0. The van der Waals surface area contributed by atoms with Crippen LogP contribution < -0.4 is 16.8 Å². The average Bonchev–Trinajstić information content (AvgIpc) is 2.49. The molecule has 1 amide bonds. The number of primary amides is 1. The molecule has 0 radical (unpaired) electrons. The van der Waals surface area contributed by atoms with Crippen molar-refractivity contribution in [2.75, 3.05) is 11.1 Å². The maximum Gasteiger partial charge on any atom is 0.250 e. The number of nitrogens with zero attached hydrogens (tertiary/aromatic N) is 1. The molecule has 1 heterocycles. The molecule has 0 saturated carbocycles. The molecule has 108 valence electrons. The zero-order chi connectivity index (χ0) is 14.8. The van der Waals surface area contributed by atoms with Gasteiger partial charge in [0.15, 0.2) is 0 Å². The van der Waals surface area contributed by atoms with Gasteiger partial charge in [-0.3, -0.25) is 4.79 Å². The topological polar surface area (TPSA) is 94.0 Å². The predicted octanol–water partition coefficient (Wildman–Crippen LogP) is 2.25. The van der Waals surface area contributed by atoms with Crippen molar-refractivity contribution < 1.29 is 4.79 Å². The Bertz CT molecular complexity index is 684. The number of amides is 1. The van der Waals surface area contributed by atoms with E-state index in [0.717, 1.165) is 19.3 Å². The highest BCUT2D eigenvalue weighted by atomic mass is 16.1. The number of hydrogen-bond acceptors (Lipinski definition) is 4. The van der Waals surface area contributed by atoms with E-state index in [2.05, 4.69) is 28.5 Å². The molecule has 0 bridgehead atoms. The average molecular weight is 282 g/mol. The van der Waals surface area contributed by atoms with Crippen molar-refractivity contribution in [3.63, 3.8) is 0 Å². The van der Waals surface area contributed by atoms with Gasteiger partial charge in [-0.25, -0.2) is 4.98 Å². The molecule has 0 aliphatic heterocycles. The maximum absolute atomic E-state index is 11.4. The Morgan fingerprint density at radius 3 is 2.95 bits per heavy atom. The predicted molar refractivity (Wildman–Crippen MR) is 82.9 cm³/mol. The van der Waals surface area contributed by atoms with Crippen LogP contribution in [0.25, 0.3) is 0 Å². The first-order valence-corrected chi connectivity index (χ1v) is 7.05. The fourth-order valence-electron chi connectivity index (χ4n) is 2.84. The summed E-state index contributed by atoms with van der Waals surface area (Å²) in [6.45, 7) is 0. The van der Waals surface area contributed by atoms with Gasteiger partial charge in [-0.2, -0.15) is 0 Å². The summed E-state index contributed by atoms with van der Waals surface area (Å²) in [5.41, 5.74) is 14.3. The van der Waals surface area contributed by atoms with Gasteiger partial charge in [0.25, 0.3) is 5.91 Å². The number of carbonyl (C=O) groups is 1. The van der Waals surface area contributed by atoms with Crippen molar-refractivity contribution in [1.29, 1.82) is 0 Å². The monoisotopic (exact) mass is 282 g/mol. The Balaban J connectivity index is 1.88. The van der Waals surface area contributed by atoms with Crippen LogP contribution in [0.15, 0.2) is 36.5 Å². The minimum absolute atomic E-state index is 0.201. The molecule has 0 saturated heterocycles. The van der Waals surface area contributed by atoms with Crippen LogP contribution in [-0.4, -0.2) is 10.9 Å². The summed E-state index contributed by atoms with van der Waals surface area (Å²) in [6, 6.07) is 10.2. The van der Waals surface area contributed by atoms with Crippen molar-refractivity contribution in [2.45, 2.75) is 25.3 Å². The summed E-state index contributed by atoms with van der Waals surface area (Å²) in [6.07, 6.45) is 4.74. The molecular formula is C16H18N4O. The van der Waals surface area contributed by atoms with Crippen LogP contribution in [0.3, 0.4) is 0 Å². The van der Waals surface area contributed by atoms with Gasteiger partial charge in [0.2, 0.25) is 0 Å². The van der Waals surface area contributed by atoms with E-state index in [1.807, 2.05) is 6.07 Å². The van der Waals surface area contributed by atoms with E-state index in [1.165, 1.54) is 17.3 Å². The van der Waals surface area contributed by atoms with Crippen molar-refractivity contribution in [3.8, 4) is 0 Å². The molecule has 21 heavy (non-hydrogen) atoms. The number of rotatable bonds is 3. The van der Waals surface area contributed by atoms with Crippen LogP contribution in [0.2, 0.25) is 0 Å². The minimum atomic E-state index is -0.540. The van der Waals surface area contributed by atoms with Gasteiger partial charge in [0.1, 0.15) is 5.82 Å². The van der Waals surface area contributed by atoms with Gasteiger partial charge >= 0.3 is 0 Å². The van der Waals surface area contributed by atoms with Crippen LogP contribution in [-0.2, 0) is 6.42 Å². The first kappa shape index (κ1) is 13.4. The lowest BCUT2D eigenvalue weighted by Gasteiger charge is -2.27. The van der Waals surface area contributed by atoms with Crippen molar-refractivity contribution in [3.05, 3.63) is 53.2 Å². The van der Waals surface area contributed by atoms with Crippen molar-refractivity contribution in [1.82, 2.24) is 4.98 Å². The van der Waals surface area contributed by atoms with Crippen LogP contribution in [0.5, 0.6) is 0 Å². The summed E-state index contributed by atoms with van der Waals surface area (Å²) in [5.74, 6) is 0.0849. The molecule has 1 aliphatic rings. The minimum Gasteiger partial charge on any atom is -0.397 e. The Morgan fingerprint density at radius 2 is 2.14 bits per heavy atom. The molecule has 5 N–H and O–H groups in total. The third-order valence-electron chi connectivity index (χ3n) is 3.89. The van der Waals surface area contributed by atoms with Crippen LogP contribution >= 0.6 is 0 Å². The molecule has 0 fully saturated rings. The smallest absolute Gasteiger partial charge is 0.250 e. The molecule has 1 aromatic carbocycles. The van der Waals surface area contributed by atoms with Crippen LogP contribution in [0.4, 0.5) is 11.5 Å². The highest BCUT2D eigenvalue weighted by Gasteiger charge is 2.20. The Hall–Kier alpha value is -2.56. The molecule has 1 atom stereocenters. The fraction of sp³-hybridized carbons (Fsp3) is 0.250.